The first kappa shape index (κ1) is 13.5. The topological polar surface area (TPSA) is 45.5 Å². The Morgan fingerprint density at radius 2 is 2.00 bits per heavy atom. The van der Waals surface area contributed by atoms with Crippen LogP contribution in [0, 0.1) is 0 Å². The minimum Gasteiger partial charge on any atom is -0.352 e. The zero-order valence-corrected chi connectivity index (χ0v) is 12.8. The highest BCUT2D eigenvalue weighted by atomic mass is 35.5. The molecule has 1 fully saturated rings. The van der Waals surface area contributed by atoms with Gasteiger partial charge in [-0.15, -0.1) is 0 Å². The van der Waals surface area contributed by atoms with Crippen LogP contribution >= 0.6 is 11.6 Å². The number of aromatic nitrogens is 3. The molecule has 3 heterocycles. The molecular formula is C16H16ClN5. The Kier molecular flexibility index (Phi) is 3.44. The van der Waals surface area contributed by atoms with Crippen LogP contribution in [0.3, 0.4) is 0 Å². The Morgan fingerprint density at radius 3 is 2.82 bits per heavy atom. The molecule has 0 saturated carbocycles. The Morgan fingerprint density at radius 1 is 1.14 bits per heavy atom. The number of nitrogens with zero attached hydrogens (tertiary/aromatic N) is 4. The highest BCUT2D eigenvalue weighted by Crippen LogP contribution is 2.26. The van der Waals surface area contributed by atoms with E-state index < -0.39 is 0 Å². The van der Waals surface area contributed by atoms with Gasteiger partial charge in [0.1, 0.15) is 5.52 Å². The first-order chi connectivity index (χ1) is 10.8. The summed E-state index contributed by atoms with van der Waals surface area (Å²) in [5, 5.41) is 8.74. The molecule has 0 aliphatic carbocycles. The molecule has 0 amide bonds. The fourth-order valence-corrected chi connectivity index (χ4v) is 3.01. The molecule has 4 rings (SSSR count). The SMILES string of the molecule is Clc1cccc(-c2cc3c(N4CCNCC4)nccn3n2)c1. The van der Waals surface area contributed by atoms with Gasteiger partial charge in [0, 0.05) is 49.2 Å². The van der Waals surface area contributed by atoms with Crippen LogP contribution in [0.2, 0.25) is 5.02 Å². The van der Waals surface area contributed by atoms with E-state index in [1.807, 2.05) is 35.0 Å². The van der Waals surface area contributed by atoms with Gasteiger partial charge in [-0.25, -0.2) is 9.50 Å². The van der Waals surface area contributed by atoms with Crippen molar-refractivity contribution in [3.05, 3.63) is 47.7 Å². The fourth-order valence-electron chi connectivity index (χ4n) is 2.82. The number of benzene rings is 1. The van der Waals surface area contributed by atoms with E-state index in [4.69, 9.17) is 11.6 Å². The number of nitrogens with one attached hydrogen (secondary N) is 1. The summed E-state index contributed by atoms with van der Waals surface area (Å²) < 4.78 is 1.89. The number of rotatable bonds is 2. The van der Waals surface area contributed by atoms with Crippen molar-refractivity contribution in [2.24, 2.45) is 0 Å². The predicted molar refractivity (Wildman–Crippen MR) is 88.5 cm³/mol. The summed E-state index contributed by atoms with van der Waals surface area (Å²) in [6.45, 7) is 3.89. The number of fused-ring (bicyclic) bond motifs is 1. The standard InChI is InChI=1S/C16H16ClN5/c17-13-3-1-2-12(10-13)14-11-15-16(19-6-9-22(15)20-14)21-7-4-18-5-8-21/h1-3,6,9-11,18H,4-5,7-8H2. The van der Waals surface area contributed by atoms with E-state index in [0.29, 0.717) is 0 Å². The minimum absolute atomic E-state index is 0.718. The van der Waals surface area contributed by atoms with Crippen LogP contribution in [0.5, 0.6) is 0 Å². The summed E-state index contributed by atoms with van der Waals surface area (Å²) in [7, 11) is 0. The van der Waals surface area contributed by atoms with Gasteiger partial charge in [-0.3, -0.25) is 0 Å². The minimum atomic E-state index is 0.718. The summed E-state index contributed by atoms with van der Waals surface area (Å²) >= 11 is 6.08. The zero-order valence-electron chi connectivity index (χ0n) is 12.0. The normalized spacial score (nSPS) is 15.4. The lowest BCUT2D eigenvalue weighted by molar-refractivity contribution is 0.585. The van der Waals surface area contributed by atoms with Gasteiger partial charge < -0.3 is 10.2 Å². The number of halogens is 1. The van der Waals surface area contributed by atoms with Crippen molar-refractivity contribution < 1.29 is 0 Å². The molecule has 0 radical (unpaired) electrons. The molecule has 1 aliphatic rings. The molecule has 5 nitrogen and oxygen atoms in total. The van der Waals surface area contributed by atoms with Gasteiger partial charge in [-0.1, -0.05) is 23.7 Å². The van der Waals surface area contributed by atoms with Crippen molar-refractivity contribution in [3.63, 3.8) is 0 Å². The summed E-state index contributed by atoms with van der Waals surface area (Å²) in [6, 6.07) is 9.84. The zero-order chi connectivity index (χ0) is 14.9. The van der Waals surface area contributed by atoms with E-state index in [1.165, 1.54) is 0 Å². The summed E-state index contributed by atoms with van der Waals surface area (Å²) in [5.41, 5.74) is 2.95. The van der Waals surface area contributed by atoms with Crippen LogP contribution in [0.15, 0.2) is 42.7 Å². The van der Waals surface area contributed by atoms with Crippen molar-refractivity contribution in [1.82, 2.24) is 19.9 Å². The van der Waals surface area contributed by atoms with E-state index >= 15 is 0 Å². The van der Waals surface area contributed by atoms with Crippen molar-refractivity contribution in [2.45, 2.75) is 0 Å². The molecule has 1 aromatic carbocycles. The van der Waals surface area contributed by atoms with Crippen molar-refractivity contribution in [2.75, 3.05) is 31.1 Å². The van der Waals surface area contributed by atoms with Crippen LogP contribution in [0.4, 0.5) is 5.82 Å². The summed E-state index contributed by atoms with van der Waals surface area (Å²) in [5.74, 6) is 0.991. The van der Waals surface area contributed by atoms with Crippen LogP contribution in [0.1, 0.15) is 0 Å². The van der Waals surface area contributed by atoms with Crippen molar-refractivity contribution in [1.29, 1.82) is 0 Å². The second kappa shape index (κ2) is 5.59. The monoisotopic (exact) mass is 313 g/mol. The number of hydrogen-bond donors (Lipinski definition) is 1. The maximum Gasteiger partial charge on any atom is 0.154 e. The third kappa shape index (κ3) is 2.42. The molecule has 3 aromatic rings. The maximum absolute atomic E-state index is 6.08. The van der Waals surface area contributed by atoms with Gasteiger partial charge in [0.2, 0.25) is 0 Å². The van der Waals surface area contributed by atoms with Gasteiger partial charge in [-0.2, -0.15) is 5.10 Å². The second-order valence-corrected chi connectivity index (χ2v) is 5.79. The highest BCUT2D eigenvalue weighted by Gasteiger charge is 2.16. The van der Waals surface area contributed by atoms with Crippen molar-refractivity contribution >= 4 is 22.9 Å². The third-order valence-electron chi connectivity index (χ3n) is 3.91. The van der Waals surface area contributed by atoms with Gasteiger partial charge in [0.15, 0.2) is 5.82 Å². The number of hydrogen-bond acceptors (Lipinski definition) is 4. The van der Waals surface area contributed by atoms with E-state index in [2.05, 4.69) is 26.4 Å². The smallest absolute Gasteiger partial charge is 0.154 e. The third-order valence-corrected chi connectivity index (χ3v) is 4.14. The molecule has 0 bridgehead atoms. The number of piperazine rings is 1. The lowest BCUT2D eigenvalue weighted by atomic mass is 10.1. The lowest BCUT2D eigenvalue weighted by Gasteiger charge is -2.28. The maximum atomic E-state index is 6.08. The second-order valence-electron chi connectivity index (χ2n) is 5.36. The molecule has 22 heavy (non-hydrogen) atoms. The quantitative estimate of drug-likeness (QED) is 0.789. The van der Waals surface area contributed by atoms with Crippen molar-refractivity contribution in [3.8, 4) is 11.3 Å². The molecule has 6 heteroatoms. The molecule has 1 saturated heterocycles. The van der Waals surface area contributed by atoms with E-state index in [9.17, 15) is 0 Å². The van der Waals surface area contributed by atoms with E-state index in [0.717, 1.165) is 53.8 Å². The van der Waals surface area contributed by atoms with Crippen LogP contribution in [-0.4, -0.2) is 40.8 Å². The van der Waals surface area contributed by atoms with Crippen LogP contribution in [0.25, 0.3) is 16.8 Å². The van der Waals surface area contributed by atoms with Gasteiger partial charge in [0.05, 0.1) is 5.69 Å². The fraction of sp³-hybridized carbons (Fsp3) is 0.250. The molecular weight excluding hydrogens is 298 g/mol. The Bertz CT molecular complexity index is 807. The molecule has 1 aliphatic heterocycles. The van der Waals surface area contributed by atoms with Gasteiger partial charge in [-0.05, 0) is 18.2 Å². The Labute approximate surface area is 133 Å². The van der Waals surface area contributed by atoms with Gasteiger partial charge >= 0.3 is 0 Å². The summed E-state index contributed by atoms with van der Waals surface area (Å²) in [6.07, 6.45) is 3.69. The predicted octanol–water partition coefficient (Wildman–Crippen LogP) is 2.46. The van der Waals surface area contributed by atoms with E-state index in [1.54, 1.807) is 6.20 Å². The average Bonchev–Trinajstić information content (AvgIpc) is 3.00. The lowest BCUT2D eigenvalue weighted by Crippen LogP contribution is -2.44. The molecule has 0 spiro atoms. The average molecular weight is 314 g/mol. The first-order valence-electron chi connectivity index (χ1n) is 7.37. The molecule has 0 unspecified atom stereocenters. The molecule has 2 aromatic heterocycles. The number of anilines is 1. The first-order valence-corrected chi connectivity index (χ1v) is 7.75. The molecule has 1 N–H and O–H groups in total. The van der Waals surface area contributed by atoms with Crippen LogP contribution < -0.4 is 10.2 Å². The summed E-state index contributed by atoms with van der Waals surface area (Å²) in [4.78, 5) is 6.87. The Balaban J connectivity index is 1.80. The Hall–Kier alpha value is -2.11. The van der Waals surface area contributed by atoms with E-state index in [-0.39, 0.29) is 0 Å². The van der Waals surface area contributed by atoms with Crippen LogP contribution in [-0.2, 0) is 0 Å². The highest BCUT2D eigenvalue weighted by molar-refractivity contribution is 6.30. The molecule has 112 valence electrons. The van der Waals surface area contributed by atoms with Gasteiger partial charge in [0.25, 0.3) is 0 Å². The molecule has 0 atom stereocenters. The largest absolute Gasteiger partial charge is 0.352 e.